The topological polar surface area (TPSA) is 9.23 Å². The smallest absolute Gasteiger partial charge is 0.0670 e. The third-order valence-electron chi connectivity index (χ3n) is 0.952. The van der Waals surface area contributed by atoms with E-state index in [1.807, 2.05) is 0 Å². The Kier molecular flexibility index (Phi) is 4.67. The van der Waals surface area contributed by atoms with E-state index in [-0.39, 0.29) is 0 Å². The Balaban J connectivity index is 3.06. The zero-order chi connectivity index (χ0) is 6.41. The maximum Gasteiger partial charge on any atom is 0.0670 e. The van der Waals surface area contributed by atoms with Gasteiger partial charge in [0.05, 0.1) is 6.61 Å². The first-order chi connectivity index (χ1) is 3.81. The number of methoxy groups -OCH3 is 1. The van der Waals surface area contributed by atoms with Crippen LogP contribution in [0, 0.1) is 0 Å². The van der Waals surface area contributed by atoms with E-state index in [2.05, 4.69) is 13.5 Å². The molecule has 0 bridgehead atoms. The fourth-order valence-electron chi connectivity index (χ4n) is 0.630. The van der Waals surface area contributed by atoms with Crippen molar-refractivity contribution < 1.29 is 4.74 Å². The molecule has 0 amide bonds. The minimum atomic E-state index is 0.716. The molecule has 0 heterocycles. The molecule has 0 fully saturated rings. The van der Waals surface area contributed by atoms with E-state index in [0.29, 0.717) is 6.61 Å². The van der Waals surface area contributed by atoms with Crippen LogP contribution in [0.1, 0.15) is 19.8 Å². The lowest BCUT2D eigenvalue weighted by molar-refractivity contribution is 0.223. The van der Waals surface area contributed by atoms with E-state index in [4.69, 9.17) is 4.74 Å². The summed E-state index contributed by atoms with van der Waals surface area (Å²) in [4.78, 5) is 0. The van der Waals surface area contributed by atoms with Gasteiger partial charge in [-0.2, -0.15) is 0 Å². The highest BCUT2D eigenvalue weighted by molar-refractivity contribution is 4.92. The van der Waals surface area contributed by atoms with Crippen molar-refractivity contribution in [3.05, 3.63) is 12.2 Å². The van der Waals surface area contributed by atoms with Gasteiger partial charge >= 0.3 is 0 Å². The van der Waals surface area contributed by atoms with Crippen LogP contribution in [0.25, 0.3) is 0 Å². The van der Waals surface area contributed by atoms with E-state index in [1.165, 1.54) is 12.0 Å². The molecule has 0 unspecified atom stereocenters. The van der Waals surface area contributed by atoms with Gasteiger partial charge in [0.1, 0.15) is 0 Å². The third-order valence-corrected chi connectivity index (χ3v) is 0.952. The highest BCUT2D eigenvalue weighted by Crippen LogP contribution is 1.99. The second-order valence-corrected chi connectivity index (χ2v) is 1.93. The summed E-state index contributed by atoms with van der Waals surface area (Å²) < 4.78 is 4.86. The Hall–Kier alpha value is -0.300. The quantitative estimate of drug-likeness (QED) is 0.508. The van der Waals surface area contributed by atoms with Crippen LogP contribution in [0.5, 0.6) is 0 Å². The molecule has 1 heteroatoms. The lowest BCUT2D eigenvalue weighted by Gasteiger charge is -1.98. The van der Waals surface area contributed by atoms with Crippen LogP contribution >= 0.6 is 0 Å². The molecule has 0 aliphatic carbocycles. The summed E-state index contributed by atoms with van der Waals surface area (Å²) >= 11 is 0. The van der Waals surface area contributed by atoms with Crippen molar-refractivity contribution in [1.82, 2.24) is 0 Å². The molecular weight excluding hydrogens is 100 g/mol. The fraction of sp³-hybridized carbons (Fsp3) is 0.714. The molecule has 1 nitrogen and oxygen atoms in total. The third kappa shape index (κ3) is 3.88. The Bertz CT molecular complexity index is 58.8. The van der Waals surface area contributed by atoms with E-state index >= 15 is 0 Å². The molecule has 0 aromatic rings. The van der Waals surface area contributed by atoms with Gasteiger partial charge in [0.2, 0.25) is 0 Å². The summed E-state index contributed by atoms with van der Waals surface area (Å²) in [6, 6.07) is 0. The van der Waals surface area contributed by atoms with Gasteiger partial charge < -0.3 is 4.74 Å². The largest absolute Gasteiger partial charge is 0.380 e. The van der Waals surface area contributed by atoms with Gasteiger partial charge in [0.15, 0.2) is 0 Å². The molecule has 0 saturated heterocycles. The minimum Gasteiger partial charge on any atom is -0.380 e. The normalized spacial score (nSPS) is 9.25. The number of ether oxygens (including phenoxy) is 1. The second-order valence-electron chi connectivity index (χ2n) is 1.93. The van der Waals surface area contributed by atoms with Gasteiger partial charge in [-0.05, 0) is 6.42 Å². The van der Waals surface area contributed by atoms with Crippen LogP contribution in [0.4, 0.5) is 0 Å². The Labute approximate surface area is 51.4 Å². The highest BCUT2D eigenvalue weighted by Gasteiger charge is 1.87. The molecule has 0 atom stereocenters. The molecule has 0 radical (unpaired) electrons. The SMILES string of the molecule is C=C(CCC)COC. The Morgan fingerprint density at radius 1 is 1.62 bits per heavy atom. The van der Waals surface area contributed by atoms with Crippen LogP contribution in [-0.2, 0) is 4.74 Å². The van der Waals surface area contributed by atoms with Crippen LogP contribution in [0.15, 0.2) is 12.2 Å². The van der Waals surface area contributed by atoms with Crippen molar-refractivity contribution in [1.29, 1.82) is 0 Å². The van der Waals surface area contributed by atoms with Gasteiger partial charge in [0, 0.05) is 7.11 Å². The van der Waals surface area contributed by atoms with Crippen molar-refractivity contribution in [2.24, 2.45) is 0 Å². The summed E-state index contributed by atoms with van der Waals surface area (Å²) in [7, 11) is 1.70. The molecule has 0 aromatic carbocycles. The lowest BCUT2D eigenvalue weighted by atomic mass is 10.2. The molecule has 0 aromatic heterocycles. The molecule has 0 aliphatic heterocycles. The molecular formula is C7H14O. The zero-order valence-corrected chi connectivity index (χ0v) is 5.74. The predicted molar refractivity (Wildman–Crippen MR) is 35.9 cm³/mol. The summed E-state index contributed by atoms with van der Waals surface area (Å²) in [5, 5.41) is 0. The first-order valence-electron chi connectivity index (χ1n) is 2.96. The molecule has 0 aliphatic rings. The van der Waals surface area contributed by atoms with Crippen LogP contribution in [0.3, 0.4) is 0 Å². The van der Waals surface area contributed by atoms with Crippen molar-refractivity contribution in [3.63, 3.8) is 0 Å². The number of hydrogen-bond donors (Lipinski definition) is 0. The minimum absolute atomic E-state index is 0.716. The summed E-state index contributed by atoms with van der Waals surface area (Å²) in [5.41, 5.74) is 1.19. The molecule has 48 valence electrons. The van der Waals surface area contributed by atoms with E-state index in [1.54, 1.807) is 7.11 Å². The summed E-state index contributed by atoms with van der Waals surface area (Å²) in [6.07, 6.45) is 2.26. The van der Waals surface area contributed by atoms with Crippen LogP contribution in [-0.4, -0.2) is 13.7 Å². The van der Waals surface area contributed by atoms with E-state index < -0.39 is 0 Å². The lowest BCUT2D eigenvalue weighted by Crippen LogP contribution is -1.90. The maximum atomic E-state index is 4.86. The van der Waals surface area contributed by atoms with Crippen LogP contribution < -0.4 is 0 Å². The molecule has 0 N–H and O–H groups in total. The van der Waals surface area contributed by atoms with Crippen molar-refractivity contribution in [3.8, 4) is 0 Å². The molecule has 0 rings (SSSR count). The van der Waals surface area contributed by atoms with Gasteiger partial charge in [-0.25, -0.2) is 0 Å². The van der Waals surface area contributed by atoms with Crippen molar-refractivity contribution in [2.75, 3.05) is 13.7 Å². The predicted octanol–water partition coefficient (Wildman–Crippen LogP) is 1.99. The highest BCUT2D eigenvalue weighted by atomic mass is 16.5. The van der Waals surface area contributed by atoms with Crippen molar-refractivity contribution >= 4 is 0 Å². The molecule has 0 saturated carbocycles. The fourth-order valence-corrected chi connectivity index (χ4v) is 0.630. The zero-order valence-electron chi connectivity index (χ0n) is 5.74. The van der Waals surface area contributed by atoms with Gasteiger partial charge in [0.25, 0.3) is 0 Å². The summed E-state index contributed by atoms with van der Waals surface area (Å²) in [5.74, 6) is 0. The average Bonchev–Trinajstić information content (AvgIpc) is 1.68. The van der Waals surface area contributed by atoms with Gasteiger partial charge in [-0.15, -0.1) is 0 Å². The van der Waals surface area contributed by atoms with Gasteiger partial charge in [-0.1, -0.05) is 25.5 Å². The molecule has 8 heavy (non-hydrogen) atoms. The Morgan fingerprint density at radius 3 is 2.62 bits per heavy atom. The Morgan fingerprint density at radius 2 is 2.25 bits per heavy atom. The van der Waals surface area contributed by atoms with E-state index in [0.717, 1.165) is 6.42 Å². The first-order valence-corrected chi connectivity index (χ1v) is 2.96. The molecule has 0 spiro atoms. The standard InChI is InChI=1S/C7H14O/c1-4-5-7(2)6-8-3/h2,4-6H2,1,3H3. The van der Waals surface area contributed by atoms with Gasteiger partial charge in [-0.3, -0.25) is 0 Å². The van der Waals surface area contributed by atoms with Crippen molar-refractivity contribution in [2.45, 2.75) is 19.8 Å². The first kappa shape index (κ1) is 7.70. The number of hydrogen-bond acceptors (Lipinski definition) is 1. The maximum absolute atomic E-state index is 4.86. The van der Waals surface area contributed by atoms with Crippen LogP contribution in [0.2, 0.25) is 0 Å². The number of rotatable bonds is 4. The second kappa shape index (κ2) is 4.85. The van der Waals surface area contributed by atoms with E-state index in [9.17, 15) is 0 Å². The summed E-state index contributed by atoms with van der Waals surface area (Å²) in [6.45, 7) is 6.66. The average molecular weight is 114 g/mol. The monoisotopic (exact) mass is 114 g/mol.